The van der Waals surface area contributed by atoms with E-state index in [0.29, 0.717) is 12.6 Å². The van der Waals surface area contributed by atoms with Crippen LogP contribution < -0.4 is 5.32 Å². The highest BCUT2D eigenvalue weighted by Crippen LogP contribution is 2.25. The van der Waals surface area contributed by atoms with Gasteiger partial charge in [-0.1, -0.05) is 37.3 Å². The first-order chi connectivity index (χ1) is 11.3. The Morgan fingerprint density at radius 1 is 1.17 bits per heavy atom. The topological polar surface area (TPSA) is 51.1 Å². The zero-order valence-corrected chi connectivity index (χ0v) is 17.1. The van der Waals surface area contributed by atoms with Crippen LogP contribution in [-0.2, 0) is 0 Å². The molecule has 1 fully saturated rings. The summed E-state index contributed by atoms with van der Waals surface area (Å²) in [5.41, 5.74) is 1.41. The quantitative estimate of drug-likeness (QED) is 0.400. The van der Waals surface area contributed by atoms with E-state index in [4.69, 9.17) is 5.11 Å². The van der Waals surface area contributed by atoms with Gasteiger partial charge < -0.3 is 15.3 Å². The molecule has 24 heavy (non-hydrogen) atoms. The van der Waals surface area contributed by atoms with Gasteiger partial charge >= 0.3 is 0 Å². The van der Waals surface area contributed by atoms with E-state index in [1.54, 1.807) is 0 Å². The molecule has 2 N–H and O–H groups in total. The van der Waals surface area contributed by atoms with E-state index in [0.717, 1.165) is 45.1 Å². The van der Waals surface area contributed by atoms with Gasteiger partial charge in [0, 0.05) is 38.8 Å². The molecule has 1 heterocycles. The van der Waals surface area contributed by atoms with Gasteiger partial charge in [0.2, 0.25) is 0 Å². The van der Waals surface area contributed by atoms with E-state index in [2.05, 4.69) is 64.3 Å². The van der Waals surface area contributed by atoms with Gasteiger partial charge in [0.25, 0.3) is 0 Å². The molecule has 1 aliphatic rings. The standard InChI is InChI=1S/C18H30N4O.HI/c1-3-17(16-8-6-5-7-9-16)21-11-13-22(14-12-21)18(19-4-2)20-10-15-23;/h5-9,17,23H,3-4,10-15H2,1-2H3,(H,19,20);1H. The first kappa shape index (κ1) is 21.2. The number of halogens is 1. The highest BCUT2D eigenvalue weighted by atomic mass is 127. The molecule has 5 nitrogen and oxygen atoms in total. The summed E-state index contributed by atoms with van der Waals surface area (Å²) in [6.45, 7) is 9.77. The summed E-state index contributed by atoms with van der Waals surface area (Å²) >= 11 is 0. The Bertz CT molecular complexity index is 475. The van der Waals surface area contributed by atoms with E-state index in [-0.39, 0.29) is 30.6 Å². The number of nitrogens with one attached hydrogen (secondary N) is 1. The van der Waals surface area contributed by atoms with Crippen LogP contribution in [0.5, 0.6) is 0 Å². The number of aliphatic hydroxyl groups is 1. The molecule has 1 unspecified atom stereocenters. The van der Waals surface area contributed by atoms with Gasteiger partial charge in [-0.25, -0.2) is 0 Å². The van der Waals surface area contributed by atoms with Gasteiger partial charge in [-0.05, 0) is 18.9 Å². The second kappa shape index (κ2) is 11.7. The second-order valence-corrected chi connectivity index (χ2v) is 5.82. The molecule has 0 aromatic heterocycles. The number of benzene rings is 1. The van der Waals surface area contributed by atoms with Gasteiger partial charge in [0.15, 0.2) is 5.96 Å². The van der Waals surface area contributed by atoms with Crippen molar-refractivity contribution >= 4 is 29.9 Å². The van der Waals surface area contributed by atoms with Crippen LogP contribution in [0.2, 0.25) is 0 Å². The first-order valence-electron chi connectivity index (χ1n) is 8.73. The predicted octanol–water partition coefficient (Wildman–Crippen LogP) is 2.33. The largest absolute Gasteiger partial charge is 0.394 e. The maximum Gasteiger partial charge on any atom is 0.194 e. The molecule has 136 valence electrons. The highest BCUT2D eigenvalue weighted by molar-refractivity contribution is 14.0. The number of aliphatic hydroxyl groups excluding tert-OH is 1. The fraction of sp³-hybridized carbons (Fsp3) is 0.611. The Hall–Kier alpha value is -0.860. The van der Waals surface area contributed by atoms with Crippen molar-refractivity contribution in [2.75, 3.05) is 45.9 Å². The van der Waals surface area contributed by atoms with Crippen LogP contribution in [0.25, 0.3) is 0 Å². The van der Waals surface area contributed by atoms with Crippen LogP contribution in [-0.4, -0.2) is 66.7 Å². The Morgan fingerprint density at radius 2 is 1.83 bits per heavy atom. The van der Waals surface area contributed by atoms with E-state index in [1.807, 2.05) is 0 Å². The highest BCUT2D eigenvalue weighted by Gasteiger charge is 2.25. The number of nitrogens with zero attached hydrogens (tertiary/aromatic N) is 3. The van der Waals surface area contributed by atoms with Crippen molar-refractivity contribution in [2.24, 2.45) is 4.99 Å². The maximum absolute atomic E-state index is 8.99. The van der Waals surface area contributed by atoms with Crippen molar-refractivity contribution in [3.8, 4) is 0 Å². The number of aliphatic imine (C=N–C) groups is 1. The van der Waals surface area contributed by atoms with Crippen LogP contribution in [0, 0.1) is 0 Å². The van der Waals surface area contributed by atoms with E-state index in [9.17, 15) is 0 Å². The third kappa shape index (κ3) is 5.89. The van der Waals surface area contributed by atoms with Crippen LogP contribution >= 0.6 is 24.0 Å². The van der Waals surface area contributed by atoms with Gasteiger partial charge in [-0.2, -0.15) is 0 Å². The van der Waals surface area contributed by atoms with Crippen LogP contribution in [0.15, 0.2) is 35.3 Å². The molecular formula is C18H31IN4O. The van der Waals surface area contributed by atoms with E-state index >= 15 is 0 Å². The molecule has 0 amide bonds. The van der Waals surface area contributed by atoms with Crippen molar-refractivity contribution in [2.45, 2.75) is 26.3 Å². The minimum absolute atomic E-state index is 0. The summed E-state index contributed by atoms with van der Waals surface area (Å²) in [4.78, 5) is 9.34. The van der Waals surface area contributed by atoms with E-state index < -0.39 is 0 Å². The van der Waals surface area contributed by atoms with Crippen LogP contribution in [0.1, 0.15) is 31.9 Å². The minimum atomic E-state index is 0. The van der Waals surface area contributed by atoms with Crippen molar-refractivity contribution in [1.29, 1.82) is 0 Å². The summed E-state index contributed by atoms with van der Waals surface area (Å²) in [7, 11) is 0. The van der Waals surface area contributed by atoms with Crippen LogP contribution in [0.4, 0.5) is 0 Å². The normalized spacial score (nSPS) is 17.3. The summed E-state index contributed by atoms with van der Waals surface area (Å²) < 4.78 is 0. The number of piperazine rings is 1. The Morgan fingerprint density at radius 3 is 2.38 bits per heavy atom. The molecule has 1 aromatic rings. The van der Waals surface area contributed by atoms with Gasteiger partial charge in [-0.3, -0.25) is 9.89 Å². The molecule has 1 aromatic carbocycles. The van der Waals surface area contributed by atoms with Gasteiger partial charge in [-0.15, -0.1) is 24.0 Å². The van der Waals surface area contributed by atoms with E-state index in [1.165, 1.54) is 5.56 Å². The van der Waals surface area contributed by atoms with Gasteiger partial charge in [0.05, 0.1) is 13.2 Å². The van der Waals surface area contributed by atoms with Crippen molar-refractivity contribution < 1.29 is 5.11 Å². The van der Waals surface area contributed by atoms with Gasteiger partial charge in [0.1, 0.15) is 0 Å². The molecule has 0 spiro atoms. The lowest BCUT2D eigenvalue weighted by atomic mass is 10.0. The Balaban J connectivity index is 0.00000288. The zero-order chi connectivity index (χ0) is 16.5. The van der Waals surface area contributed by atoms with Crippen molar-refractivity contribution in [1.82, 2.24) is 15.1 Å². The Labute approximate surface area is 163 Å². The summed E-state index contributed by atoms with van der Waals surface area (Å²) in [5.74, 6) is 0.925. The lowest BCUT2D eigenvalue weighted by molar-refractivity contribution is 0.127. The number of guanidine groups is 1. The Kier molecular flexibility index (Phi) is 10.3. The monoisotopic (exact) mass is 446 g/mol. The first-order valence-corrected chi connectivity index (χ1v) is 8.73. The molecule has 1 aliphatic heterocycles. The fourth-order valence-electron chi connectivity index (χ4n) is 3.21. The number of hydrogen-bond donors (Lipinski definition) is 2. The molecule has 0 saturated carbocycles. The minimum Gasteiger partial charge on any atom is -0.394 e. The SMILES string of the molecule is CCNC(=NCCO)N1CCN(C(CC)c2ccccc2)CC1.I. The summed E-state index contributed by atoms with van der Waals surface area (Å²) in [6.07, 6.45) is 1.13. The number of rotatable bonds is 6. The third-order valence-corrected chi connectivity index (χ3v) is 4.32. The maximum atomic E-state index is 8.99. The molecule has 2 rings (SSSR count). The predicted molar refractivity (Wildman–Crippen MR) is 111 cm³/mol. The molecule has 6 heteroatoms. The van der Waals surface area contributed by atoms with Crippen molar-refractivity contribution in [3.63, 3.8) is 0 Å². The molecule has 0 aliphatic carbocycles. The molecular weight excluding hydrogens is 415 g/mol. The zero-order valence-electron chi connectivity index (χ0n) is 14.8. The average Bonchev–Trinajstić information content (AvgIpc) is 2.61. The molecule has 1 saturated heterocycles. The number of hydrogen-bond acceptors (Lipinski definition) is 3. The summed E-state index contributed by atoms with van der Waals surface area (Å²) in [5, 5.41) is 12.3. The smallest absolute Gasteiger partial charge is 0.194 e. The second-order valence-electron chi connectivity index (χ2n) is 5.82. The molecule has 0 bridgehead atoms. The average molecular weight is 446 g/mol. The lowest BCUT2D eigenvalue weighted by Gasteiger charge is -2.40. The van der Waals surface area contributed by atoms with Crippen molar-refractivity contribution in [3.05, 3.63) is 35.9 Å². The lowest BCUT2D eigenvalue weighted by Crippen LogP contribution is -2.53. The third-order valence-electron chi connectivity index (χ3n) is 4.32. The van der Waals surface area contributed by atoms with Crippen LogP contribution in [0.3, 0.4) is 0 Å². The fourth-order valence-corrected chi connectivity index (χ4v) is 3.21. The summed E-state index contributed by atoms with van der Waals surface area (Å²) in [6, 6.07) is 11.3. The molecule has 0 radical (unpaired) electrons. The molecule has 1 atom stereocenters.